The van der Waals surface area contributed by atoms with E-state index in [2.05, 4.69) is 15.0 Å². The van der Waals surface area contributed by atoms with Crippen molar-refractivity contribution >= 4 is 33.1 Å². The first kappa shape index (κ1) is 14.2. The molecule has 3 rings (SSSR count). The van der Waals surface area contributed by atoms with Gasteiger partial charge in [0.25, 0.3) is 10.0 Å². The van der Waals surface area contributed by atoms with Gasteiger partial charge in [0.1, 0.15) is 5.82 Å². The zero-order valence-corrected chi connectivity index (χ0v) is 12.7. The summed E-state index contributed by atoms with van der Waals surface area (Å²) in [6.07, 6.45) is 3.97. The molecule has 0 atom stereocenters. The lowest BCUT2D eigenvalue weighted by atomic mass is 10.4. The fraction of sp³-hybridized carbons (Fsp3) is 0.214. The minimum absolute atomic E-state index is 0.147. The normalized spacial score (nSPS) is 14.7. The summed E-state index contributed by atoms with van der Waals surface area (Å²) in [5, 5.41) is 3.78. The number of anilines is 2. The molecule has 1 aliphatic rings. The van der Waals surface area contributed by atoms with Crippen molar-refractivity contribution in [2.24, 2.45) is 0 Å². The number of halogens is 1. The maximum atomic E-state index is 12.2. The van der Waals surface area contributed by atoms with Crippen molar-refractivity contribution in [2.75, 3.05) is 10.0 Å². The van der Waals surface area contributed by atoms with Crippen molar-refractivity contribution in [1.29, 1.82) is 0 Å². The molecule has 21 heavy (non-hydrogen) atoms. The highest BCUT2D eigenvalue weighted by molar-refractivity contribution is 7.92. The number of nitrogens with zero attached hydrogens (tertiary/aromatic N) is 1. The summed E-state index contributed by atoms with van der Waals surface area (Å²) in [6.45, 7) is 0. The molecule has 0 unspecified atom stereocenters. The van der Waals surface area contributed by atoms with Crippen molar-refractivity contribution in [1.82, 2.24) is 4.98 Å². The average Bonchev–Trinajstić information content (AvgIpc) is 3.25. The number of nitrogens with one attached hydrogen (secondary N) is 2. The second-order valence-electron chi connectivity index (χ2n) is 4.91. The molecule has 1 aromatic carbocycles. The SMILES string of the molecule is O=S(=O)(Nc1ccc(NC2CC2)cn1)c1ccc(Cl)cc1. The summed E-state index contributed by atoms with van der Waals surface area (Å²) in [7, 11) is -3.65. The smallest absolute Gasteiger partial charge is 0.263 e. The van der Waals surface area contributed by atoms with Crippen molar-refractivity contribution in [3.05, 3.63) is 47.6 Å². The molecule has 1 saturated carbocycles. The van der Waals surface area contributed by atoms with Crippen LogP contribution in [-0.4, -0.2) is 19.4 Å². The third-order valence-corrected chi connectivity index (χ3v) is 4.70. The van der Waals surface area contributed by atoms with Crippen LogP contribution in [0.25, 0.3) is 0 Å². The van der Waals surface area contributed by atoms with Gasteiger partial charge in [-0.2, -0.15) is 0 Å². The third kappa shape index (κ3) is 3.65. The molecule has 7 heteroatoms. The van der Waals surface area contributed by atoms with Crippen LogP contribution in [0.4, 0.5) is 11.5 Å². The lowest BCUT2D eigenvalue weighted by molar-refractivity contribution is 0.601. The topological polar surface area (TPSA) is 71.1 Å². The van der Waals surface area contributed by atoms with E-state index < -0.39 is 10.0 Å². The molecule has 0 bridgehead atoms. The van der Waals surface area contributed by atoms with Gasteiger partial charge >= 0.3 is 0 Å². The number of rotatable bonds is 5. The first-order valence-electron chi connectivity index (χ1n) is 6.54. The Hall–Kier alpha value is -1.79. The fourth-order valence-electron chi connectivity index (χ4n) is 1.81. The van der Waals surface area contributed by atoms with E-state index in [1.54, 1.807) is 12.3 Å². The van der Waals surface area contributed by atoms with Gasteiger partial charge in [0.15, 0.2) is 0 Å². The molecule has 0 spiro atoms. The first-order valence-corrected chi connectivity index (χ1v) is 8.40. The number of benzene rings is 1. The van der Waals surface area contributed by atoms with E-state index in [0.29, 0.717) is 11.1 Å². The van der Waals surface area contributed by atoms with Gasteiger partial charge in [-0.3, -0.25) is 4.72 Å². The van der Waals surface area contributed by atoms with Crippen LogP contribution in [0, 0.1) is 0 Å². The van der Waals surface area contributed by atoms with Gasteiger partial charge < -0.3 is 5.32 Å². The number of aromatic nitrogens is 1. The summed E-state index contributed by atoms with van der Waals surface area (Å²) in [5.74, 6) is 0.284. The van der Waals surface area contributed by atoms with Gasteiger partial charge in [-0.25, -0.2) is 13.4 Å². The zero-order valence-electron chi connectivity index (χ0n) is 11.1. The highest BCUT2D eigenvalue weighted by Gasteiger charge is 2.21. The molecule has 0 saturated heterocycles. The van der Waals surface area contributed by atoms with Crippen LogP contribution >= 0.6 is 11.6 Å². The highest BCUT2D eigenvalue weighted by Crippen LogP contribution is 2.25. The van der Waals surface area contributed by atoms with Gasteiger partial charge in [0.2, 0.25) is 0 Å². The summed E-state index contributed by atoms with van der Waals surface area (Å²) < 4.78 is 26.8. The Balaban J connectivity index is 1.73. The standard InChI is InChI=1S/C14H14ClN3O2S/c15-10-1-6-13(7-2-10)21(19,20)18-14-8-5-12(9-16-14)17-11-3-4-11/h1-2,5-9,11,17H,3-4H2,(H,16,18). The van der Waals surface area contributed by atoms with Crippen molar-refractivity contribution in [3.8, 4) is 0 Å². The number of hydrogen-bond donors (Lipinski definition) is 2. The van der Waals surface area contributed by atoms with Crippen LogP contribution in [0.5, 0.6) is 0 Å². The van der Waals surface area contributed by atoms with E-state index in [4.69, 9.17) is 11.6 Å². The molecule has 2 N–H and O–H groups in total. The predicted molar refractivity (Wildman–Crippen MR) is 83.1 cm³/mol. The minimum atomic E-state index is -3.65. The molecule has 2 aromatic rings. The monoisotopic (exact) mass is 323 g/mol. The third-order valence-electron chi connectivity index (χ3n) is 3.07. The lowest BCUT2D eigenvalue weighted by Gasteiger charge is -2.09. The van der Waals surface area contributed by atoms with Gasteiger partial charge in [0, 0.05) is 11.1 Å². The predicted octanol–water partition coefficient (Wildman–Crippen LogP) is 3.11. The Labute approximate surface area is 128 Å². The van der Waals surface area contributed by atoms with E-state index in [1.165, 1.54) is 37.1 Å². The van der Waals surface area contributed by atoms with Crippen LogP contribution in [-0.2, 0) is 10.0 Å². The van der Waals surface area contributed by atoms with Crippen LogP contribution in [0.2, 0.25) is 5.02 Å². The van der Waals surface area contributed by atoms with Crippen LogP contribution in [0.15, 0.2) is 47.5 Å². The summed E-state index contributed by atoms with van der Waals surface area (Å²) >= 11 is 5.75. The van der Waals surface area contributed by atoms with Crippen LogP contribution in [0.3, 0.4) is 0 Å². The van der Waals surface area contributed by atoms with E-state index >= 15 is 0 Å². The average molecular weight is 324 g/mol. The molecular weight excluding hydrogens is 310 g/mol. The van der Waals surface area contributed by atoms with E-state index in [-0.39, 0.29) is 10.7 Å². The molecule has 110 valence electrons. The Morgan fingerprint density at radius 1 is 1.10 bits per heavy atom. The second-order valence-corrected chi connectivity index (χ2v) is 7.03. The second kappa shape index (κ2) is 5.54. The fourth-order valence-corrected chi connectivity index (χ4v) is 2.95. The Morgan fingerprint density at radius 2 is 1.81 bits per heavy atom. The maximum Gasteiger partial charge on any atom is 0.263 e. The Bertz CT molecular complexity index is 726. The molecule has 0 aliphatic heterocycles. The van der Waals surface area contributed by atoms with Crippen LogP contribution < -0.4 is 10.0 Å². The largest absolute Gasteiger partial charge is 0.381 e. The molecule has 5 nitrogen and oxygen atoms in total. The Kier molecular flexibility index (Phi) is 3.73. The molecule has 1 heterocycles. The summed E-state index contributed by atoms with van der Waals surface area (Å²) in [4.78, 5) is 4.26. The molecule has 0 amide bonds. The molecular formula is C14H14ClN3O2S. The van der Waals surface area contributed by atoms with Gasteiger partial charge in [0.05, 0.1) is 16.8 Å². The number of hydrogen-bond acceptors (Lipinski definition) is 4. The zero-order chi connectivity index (χ0) is 14.9. The molecule has 1 fully saturated rings. The Morgan fingerprint density at radius 3 is 2.38 bits per heavy atom. The van der Waals surface area contributed by atoms with Gasteiger partial charge in [-0.1, -0.05) is 11.6 Å². The van der Waals surface area contributed by atoms with E-state index in [9.17, 15) is 8.42 Å². The first-order chi connectivity index (χ1) is 10.0. The summed E-state index contributed by atoms with van der Waals surface area (Å²) in [6, 6.07) is 9.95. The van der Waals surface area contributed by atoms with Crippen molar-refractivity contribution in [2.45, 2.75) is 23.8 Å². The highest BCUT2D eigenvalue weighted by atomic mass is 35.5. The van der Waals surface area contributed by atoms with E-state index in [0.717, 1.165) is 5.69 Å². The van der Waals surface area contributed by atoms with Crippen LogP contribution in [0.1, 0.15) is 12.8 Å². The summed E-state index contributed by atoms with van der Waals surface area (Å²) in [5.41, 5.74) is 0.895. The quantitative estimate of drug-likeness (QED) is 0.887. The van der Waals surface area contributed by atoms with Gasteiger partial charge in [-0.05, 0) is 49.2 Å². The molecule has 0 radical (unpaired) electrons. The van der Waals surface area contributed by atoms with Crippen molar-refractivity contribution in [3.63, 3.8) is 0 Å². The van der Waals surface area contributed by atoms with Crippen molar-refractivity contribution < 1.29 is 8.42 Å². The maximum absolute atomic E-state index is 12.2. The van der Waals surface area contributed by atoms with Gasteiger partial charge in [-0.15, -0.1) is 0 Å². The molecule has 1 aromatic heterocycles. The molecule has 1 aliphatic carbocycles. The number of sulfonamides is 1. The lowest BCUT2D eigenvalue weighted by Crippen LogP contribution is -2.14. The minimum Gasteiger partial charge on any atom is -0.381 e. The number of pyridine rings is 1. The van der Waals surface area contributed by atoms with E-state index in [1.807, 2.05) is 6.07 Å².